The minimum absolute atomic E-state index is 0.231. The highest BCUT2D eigenvalue weighted by molar-refractivity contribution is 9.10. The zero-order valence-electron chi connectivity index (χ0n) is 7.59. The van der Waals surface area contributed by atoms with Gasteiger partial charge < -0.3 is 5.73 Å². The first-order valence-corrected chi connectivity index (χ1v) is 4.92. The topological polar surface area (TPSA) is 73.8 Å². The van der Waals surface area contributed by atoms with Crippen LogP contribution in [0.4, 0.5) is 0 Å². The molecule has 0 spiro atoms. The second-order valence-corrected chi connectivity index (χ2v) is 3.79. The molecule has 0 bridgehead atoms. The maximum Gasteiger partial charge on any atom is 0.269 e. The van der Waals surface area contributed by atoms with Crippen molar-refractivity contribution in [2.75, 3.05) is 0 Å². The third-order valence-electron chi connectivity index (χ3n) is 1.80. The normalized spacial score (nSPS) is 10.2. The lowest BCUT2D eigenvalue weighted by Gasteiger charge is -1.99. The summed E-state index contributed by atoms with van der Waals surface area (Å²) in [5.41, 5.74) is 6.09. The average molecular weight is 267 g/mol. The fraction of sp³-hybridized carbons (Fsp3) is 0. The van der Waals surface area contributed by atoms with Gasteiger partial charge in [-0.1, -0.05) is 0 Å². The van der Waals surface area contributed by atoms with E-state index in [2.05, 4.69) is 26.0 Å². The van der Waals surface area contributed by atoms with E-state index in [9.17, 15) is 4.79 Å². The molecule has 0 aliphatic rings. The summed E-state index contributed by atoms with van der Waals surface area (Å²) in [6.07, 6.45) is 4.97. The van der Waals surface area contributed by atoms with Crippen molar-refractivity contribution >= 4 is 21.8 Å². The molecule has 0 saturated heterocycles. The van der Waals surface area contributed by atoms with E-state index in [1.54, 1.807) is 24.7 Å². The molecule has 0 unspecified atom stereocenters. The average Bonchev–Trinajstić information content (AvgIpc) is 2.66. The Morgan fingerprint density at radius 1 is 1.47 bits per heavy atom. The number of halogens is 1. The van der Waals surface area contributed by atoms with E-state index in [1.807, 2.05) is 6.07 Å². The van der Waals surface area contributed by atoms with Crippen LogP contribution in [0, 0.1) is 0 Å². The first-order valence-electron chi connectivity index (χ1n) is 4.13. The Hall–Kier alpha value is -1.69. The van der Waals surface area contributed by atoms with Crippen molar-refractivity contribution in [1.29, 1.82) is 0 Å². The molecule has 0 aromatic carbocycles. The minimum atomic E-state index is -0.545. The Labute approximate surface area is 94.0 Å². The quantitative estimate of drug-likeness (QED) is 0.886. The van der Waals surface area contributed by atoms with Crippen molar-refractivity contribution in [3.63, 3.8) is 0 Å². The van der Waals surface area contributed by atoms with Gasteiger partial charge in [0.15, 0.2) is 0 Å². The van der Waals surface area contributed by atoms with Gasteiger partial charge in [0.25, 0.3) is 5.91 Å². The Morgan fingerprint density at radius 3 is 2.87 bits per heavy atom. The third kappa shape index (κ3) is 2.04. The molecular weight excluding hydrogens is 260 g/mol. The van der Waals surface area contributed by atoms with Crippen molar-refractivity contribution in [3.05, 3.63) is 40.9 Å². The lowest BCUT2D eigenvalue weighted by atomic mass is 10.4. The second-order valence-electron chi connectivity index (χ2n) is 2.87. The van der Waals surface area contributed by atoms with Crippen LogP contribution in [0.1, 0.15) is 10.5 Å². The van der Waals surface area contributed by atoms with Gasteiger partial charge in [0.1, 0.15) is 5.69 Å². The zero-order valence-corrected chi connectivity index (χ0v) is 9.18. The number of nitrogens with two attached hydrogens (primary N) is 1. The molecule has 2 heterocycles. The van der Waals surface area contributed by atoms with Crippen molar-refractivity contribution < 1.29 is 4.79 Å². The number of rotatable bonds is 2. The van der Waals surface area contributed by atoms with Crippen LogP contribution >= 0.6 is 15.9 Å². The monoisotopic (exact) mass is 266 g/mol. The highest BCUT2D eigenvalue weighted by Gasteiger charge is 2.05. The van der Waals surface area contributed by atoms with Gasteiger partial charge in [-0.05, 0) is 28.1 Å². The molecule has 2 N–H and O–H groups in total. The molecule has 2 rings (SSSR count). The second kappa shape index (κ2) is 3.82. The van der Waals surface area contributed by atoms with Gasteiger partial charge in [-0.2, -0.15) is 5.10 Å². The molecular formula is C9H7BrN4O. The van der Waals surface area contributed by atoms with Crippen molar-refractivity contribution in [1.82, 2.24) is 14.8 Å². The van der Waals surface area contributed by atoms with Gasteiger partial charge in [0.05, 0.1) is 11.9 Å². The molecule has 0 aliphatic heterocycles. The summed E-state index contributed by atoms with van der Waals surface area (Å²) in [6, 6.07) is 3.40. The van der Waals surface area contributed by atoms with Gasteiger partial charge >= 0.3 is 0 Å². The SMILES string of the molecule is NC(=O)c1ccn(-c2cncc(Br)c2)n1. The van der Waals surface area contributed by atoms with Crippen LogP contribution in [0.15, 0.2) is 35.2 Å². The number of aromatic nitrogens is 3. The standard InChI is InChI=1S/C9H7BrN4O/c10-6-3-7(5-12-4-6)14-2-1-8(13-14)9(11)15/h1-5H,(H2,11,15). The molecule has 0 aliphatic carbocycles. The van der Waals surface area contributed by atoms with Crippen LogP contribution < -0.4 is 5.73 Å². The molecule has 0 atom stereocenters. The highest BCUT2D eigenvalue weighted by atomic mass is 79.9. The van der Waals surface area contributed by atoms with E-state index in [0.717, 1.165) is 10.2 Å². The Balaban J connectivity index is 2.41. The van der Waals surface area contributed by atoms with Crippen molar-refractivity contribution in [2.45, 2.75) is 0 Å². The highest BCUT2D eigenvalue weighted by Crippen LogP contribution is 2.12. The molecule has 0 saturated carbocycles. The van der Waals surface area contributed by atoms with Gasteiger partial charge in [-0.25, -0.2) is 4.68 Å². The minimum Gasteiger partial charge on any atom is -0.364 e. The summed E-state index contributed by atoms with van der Waals surface area (Å²) in [5.74, 6) is -0.545. The van der Waals surface area contributed by atoms with Crippen LogP contribution in [-0.4, -0.2) is 20.7 Å². The summed E-state index contributed by atoms with van der Waals surface area (Å²) in [6.45, 7) is 0. The summed E-state index contributed by atoms with van der Waals surface area (Å²) in [7, 11) is 0. The third-order valence-corrected chi connectivity index (χ3v) is 2.23. The van der Waals surface area contributed by atoms with Crippen molar-refractivity contribution in [2.24, 2.45) is 5.73 Å². The van der Waals surface area contributed by atoms with E-state index < -0.39 is 5.91 Å². The lowest BCUT2D eigenvalue weighted by molar-refractivity contribution is 0.0995. The fourth-order valence-corrected chi connectivity index (χ4v) is 1.48. The predicted octanol–water partition coefficient (Wildman–Crippen LogP) is 1.13. The van der Waals surface area contributed by atoms with Crippen LogP contribution in [0.3, 0.4) is 0 Å². The van der Waals surface area contributed by atoms with E-state index in [-0.39, 0.29) is 5.69 Å². The number of pyridine rings is 1. The summed E-state index contributed by atoms with van der Waals surface area (Å²) >= 11 is 3.30. The number of amides is 1. The smallest absolute Gasteiger partial charge is 0.269 e. The molecule has 5 nitrogen and oxygen atoms in total. The number of carbonyl (C=O) groups excluding carboxylic acids is 1. The predicted molar refractivity (Wildman–Crippen MR) is 57.6 cm³/mol. The Morgan fingerprint density at radius 2 is 2.27 bits per heavy atom. The number of nitrogens with zero attached hydrogens (tertiary/aromatic N) is 3. The van der Waals surface area contributed by atoms with Crippen molar-refractivity contribution in [3.8, 4) is 5.69 Å². The number of hydrogen-bond donors (Lipinski definition) is 1. The van der Waals surface area contributed by atoms with E-state index in [4.69, 9.17) is 5.73 Å². The molecule has 6 heteroatoms. The van der Waals surface area contributed by atoms with E-state index in [1.165, 1.54) is 4.68 Å². The first kappa shape index (κ1) is 9.85. The van der Waals surface area contributed by atoms with Gasteiger partial charge in [-0.3, -0.25) is 9.78 Å². The summed E-state index contributed by atoms with van der Waals surface area (Å²) in [4.78, 5) is 14.8. The molecule has 2 aromatic heterocycles. The number of primary amides is 1. The maximum absolute atomic E-state index is 10.8. The fourth-order valence-electron chi connectivity index (χ4n) is 1.13. The molecule has 0 radical (unpaired) electrons. The van der Waals surface area contributed by atoms with Gasteiger partial charge in [0, 0.05) is 16.9 Å². The molecule has 15 heavy (non-hydrogen) atoms. The largest absolute Gasteiger partial charge is 0.364 e. The molecule has 76 valence electrons. The number of carbonyl (C=O) groups is 1. The molecule has 0 fully saturated rings. The summed E-state index contributed by atoms with van der Waals surface area (Å²) in [5, 5.41) is 4.00. The first-order chi connectivity index (χ1) is 7.16. The molecule has 2 aromatic rings. The van der Waals surface area contributed by atoms with Gasteiger partial charge in [0.2, 0.25) is 0 Å². The zero-order chi connectivity index (χ0) is 10.8. The Kier molecular flexibility index (Phi) is 2.51. The number of hydrogen-bond acceptors (Lipinski definition) is 3. The van der Waals surface area contributed by atoms with Crippen LogP contribution in [0.2, 0.25) is 0 Å². The van der Waals surface area contributed by atoms with E-state index >= 15 is 0 Å². The van der Waals surface area contributed by atoms with E-state index in [0.29, 0.717) is 0 Å². The van der Waals surface area contributed by atoms with Crippen LogP contribution in [-0.2, 0) is 0 Å². The lowest BCUT2D eigenvalue weighted by Crippen LogP contribution is -2.12. The molecule has 1 amide bonds. The Bertz CT molecular complexity index is 508. The van der Waals surface area contributed by atoms with Crippen LogP contribution in [0.25, 0.3) is 5.69 Å². The summed E-state index contributed by atoms with van der Waals surface area (Å²) < 4.78 is 2.38. The maximum atomic E-state index is 10.8. The van der Waals surface area contributed by atoms with Crippen LogP contribution in [0.5, 0.6) is 0 Å². The van der Waals surface area contributed by atoms with Gasteiger partial charge in [-0.15, -0.1) is 0 Å².